The number of hydrogen-bond acceptors (Lipinski definition) is 5. The van der Waals surface area contributed by atoms with E-state index in [1.54, 1.807) is 30.7 Å². The minimum Gasteiger partial charge on any atom is -0.264 e. The van der Waals surface area contributed by atoms with Crippen LogP contribution in [0.2, 0.25) is 0 Å². The molecule has 0 radical (unpaired) electrons. The molecular formula is C12H11ClN4O2S. The van der Waals surface area contributed by atoms with Crippen molar-refractivity contribution in [1.29, 1.82) is 5.26 Å². The maximum atomic E-state index is 11.5. The summed E-state index contributed by atoms with van der Waals surface area (Å²) in [6.45, 7) is 3.57. The van der Waals surface area contributed by atoms with Gasteiger partial charge in [-0.1, -0.05) is 0 Å². The molecule has 0 aliphatic rings. The maximum Gasteiger partial charge on any atom is 0.264 e. The molecule has 0 N–H and O–H groups in total. The van der Waals surface area contributed by atoms with E-state index in [0.29, 0.717) is 23.6 Å². The van der Waals surface area contributed by atoms with E-state index in [1.807, 2.05) is 6.07 Å². The van der Waals surface area contributed by atoms with Crippen LogP contribution in [0.25, 0.3) is 0 Å². The van der Waals surface area contributed by atoms with Crippen LogP contribution >= 0.6 is 10.7 Å². The van der Waals surface area contributed by atoms with E-state index in [4.69, 9.17) is 15.9 Å². The Labute approximate surface area is 121 Å². The van der Waals surface area contributed by atoms with Gasteiger partial charge in [-0.15, -0.1) is 0 Å². The number of rotatable bonds is 3. The Bertz CT molecular complexity index is 805. The molecule has 0 bridgehead atoms. The average molecular weight is 311 g/mol. The fourth-order valence-corrected chi connectivity index (χ4v) is 3.52. The Balaban J connectivity index is 2.43. The van der Waals surface area contributed by atoms with Crippen molar-refractivity contribution in [3.63, 3.8) is 0 Å². The average Bonchev–Trinajstić information content (AvgIpc) is 2.64. The number of aryl methyl sites for hydroxylation is 1. The van der Waals surface area contributed by atoms with Gasteiger partial charge in [0.2, 0.25) is 0 Å². The molecule has 6 nitrogen and oxygen atoms in total. The van der Waals surface area contributed by atoms with Crippen LogP contribution in [0.3, 0.4) is 0 Å². The number of hydrogen-bond donors (Lipinski definition) is 0. The quantitative estimate of drug-likeness (QED) is 0.806. The molecule has 0 aliphatic heterocycles. The lowest BCUT2D eigenvalue weighted by atomic mass is 10.2. The maximum absolute atomic E-state index is 11.5. The van der Waals surface area contributed by atoms with Crippen LogP contribution in [0.5, 0.6) is 0 Å². The molecule has 8 heteroatoms. The molecule has 2 aromatic rings. The number of nitriles is 1. The van der Waals surface area contributed by atoms with Gasteiger partial charge >= 0.3 is 0 Å². The summed E-state index contributed by atoms with van der Waals surface area (Å²) in [6, 6.07) is 5.32. The lowest BCUT2D eigenvalue weighted by Gasteiger charge is -2.05. The molecule has 0 aliphatic carbocycles. The number of aromatic nitrogens is 3. The van der Waals surface area contributed by atoms with Gasteiger partial charge < -0.3 is 0 Å². The normalized spacial score (nSPS) is 11.3. The van der Waals surface area contributed by atoms with Gasteiger partial charge in [-0.2, -0.15) is 10.4 Å². The molecule has 20 heavy (non-hydrogen) atoms. The second kappa shape index (κ2) is 5.23. The van der Waals surface area contributed by atoms with Crippen molar-refractivity contribution in [2.75, 3.05) is 0 Å². The summed E-state index contributed by atoms with van der Waals surface area (Å²) in [5, 5.41) is 13.0. The van der Waals surface area contributed by atoms with Crippen molar-refractivity contribution in [3.8, 4) is 6.07 Å². The summed E-state index contributed by atoms with van der Waals surface area (Å²) < 4.78 is 24.5. The highest BCUT2D eigenvalue weighted by Crippen LogP contribution is 2.23. The molecule has 2 rings (SSSR count). The Morgan fingerprint density at radius 3 is 2.70 bits per heavy atom. The Morgan fingerprint density at radius 1 is 1.45 bits per heavy atom. The van der Waals surface area contributed by atoms with E-state index < -0.39 is 9.05 Å². The van der Waals surface area contributed by atoms with Gasteiger partial charge in [-0.3, -0.25) is 4.68 Å². The van der Waals surface area contributed by atoms with Crippen LogP contribution in [0.1, 0.15) is 22.6 Å². The zero-order valence-electron chi connectivity index (χ0n) is 10.8. The third kappa shape index (κ3) is 2.81. The molecule has 0 amide bonds. The van der Waals surface area contributed by atoms with Crippen molar-refractivity contribution in [1.82, 2.24) is 14.8 Å². The van der Waals surface area contributed by atoms with E-state index in [9.17, 15) is 8.42 Å². The molecule has 104 valence electrons. The highest BCUT2D eigenvalue weighted by Gasteiger charge is 2.22. The van der Waals surface area contributed by atoms with Crippen LogP contribution in [0.15, 0.2) is 23.2 Å². The topological polar surface area (TPSA) is 88.6 Å². The van der Waals surface area contributed by atoms with E-state index in [1.165, 1.54) is 6.20 Å². The molecule has 2 heterocycles. The molecule has 0 fully saturated rings. The summed E-state index contributed by atoms with van der Waals surface area (Å²) in [6.07, 6.45) is 1.53. The van der Waals surface area contributed by atoms with Gasteiger partial charge in [0.15, 0.2) is 0 Å². The van der Waals surface area contributed by atoms with E-state index >= 15 is 0 Å². The van der Waals surface area contributed by atoms with Crippen molar-refractivity contribution in [3.05, 3.63) is 41.0 Å². The van der Waals surface area contributed by atoms with Crippen LogP contribution in [-0.2, 0) is 15.6 Å². The second-order valence-electron chi connectivity index (χ2n) is 4.26. The summed E-state index contributed by atoms with van der Waals surface area (Å²) in [4.78, 5) is 3.91. The Morgan fingerprint density at radius 2 is 2.15 bits per heavy atom. The fraction of sp³-hybridized carbons (Fsp3) is 0.250. The summed E-state index contributed by atoms with van der Waals surface area (Å²) in [5.41, 5.74) is 1.93. The lowest BCUT2D eigenvalue weighted by Crippen LogP contribution is -2.05. The second-order valence-corrected chi connectivity index (χ2v) is 6.76. The number of pyridine rings is 1. The zero-order valence-corrected chi connectivity index (χ0v) is 12.4. The first-order chi connectivity index (χ1) is 9.32. The lowest BCUT2D eigenvalue weighted by molar-refractivity contribution is 0.607. The third-order valence-electron chi connectivity index (χ3n) is 2.83. The fourth-order valence-electron chi connectivity index (χ4n) is 1.99. The predicted octanol–water partition coefficient (Wildman–Crippen LogP) is 1.74. The number of halogens is 1. The first-order valence-corrected chi connectivity index (χ1v) is 7.97. The van der Waals surface area contributed by atoms with Crippen LogP contribution in [0.4, 0.5) is 0 Å². The highest BCUT2D eigenvalue weighted by atomic mass is 35.7. The van der Waals surface area contributed by atoms with Crippen LogP contribution in [0, 0.1) is 25.2 Å². The smallest absolute Gasteiger partial charge is 0.264 e. The minimum absolute atomic E-state index is 0.0359. The first-order valence-electron chi connectivity index (χ1n) is 5.66. The largest absolute Gasteiger partial charge is 0.264 e. The molecule has 0 atom stereocenters. The Kier molecular flexibility index (Phi) is 3.79. The predicted molar refractivity (Wildman–Crippen MR) is 72.8 cm³/mol. The number of nitrogens with zero attached hydrogens (tertiary/aromatic N) is 4. The molecule has 0 spiro atoms. The van der Waals surface area contributed by atoms with Gasteiger partial charge in [0.1, 0.15) is 16.7 Å². The van der Waals surface area contributed by atoms with E-state index in [-0.39, 0.29) is 4.90 Å². The zero-order chi connectivity index (χ0) is 14.9. The van der Waals surface area contributed by atoms with Gasteiger partial charge in [-0.05, 0) is 31.5 Å². The van der Waals surface area contributed by atoms with Crippen molar-refractivity contribution in [2.45, 2.75) is 25.3 Å². The Hall–Kier alpha value is -1.91. The highest BCUT2D eigenvalue weighted by molar-refractivity contribution is 8.13. The molecule has 0 unspecified atom stereocenters. The standard InChI is InChI=1S/C12H11ClN4O2S/c1-8-12(20(13,18)19)9(2)17(16-8)7-10-3-4-15-11(5-10)6-14/h3-5H,7H2,1-2H3. The van der Waals surface area contributed by atoms with Crippen molar-refractivity contribution < 1.29 is 8.42 Å². The molecule has 0 saturated heterocycles. The van der Waals surface area contributed by atoms with Gasteiger partial charge in [-0.25, -0.2) is 13.4 Å². The summed E-state index contributed by atoms with van der Waals surface area (Å²) >= 11 is 0. The third-order valence-corrected chi connectivity index (χ3v) is 4.37. The van der Waals surface area contributed by atoms with Gasteiger partial charge in [0.05, 0.1) is 17.9 Å². The van der Waals surface area contributed by atoms with Gasteiger partial charge in [0.25, 0.3) is 9.05 Å². The summed E-state index contributed by atoms with van der Waals surface area (Å²) in [5.74, 6) is 0. The van der Waals surface area contributed by atoms with Crippen LogP contribution < -0.4 is 0 Å². The van der Waals surface area contributed by atoms with Gasteiger partial charge in [0, 0.05) is 16.9 Å². The molecular weight excluding hydrogens is 300 g/mol. The first kappa shape index (κ1) is 14.5. The minimum atomic E-state index is -3.82. The van der Waals surface area contributed by atoms with E-state index in [0.717, 1.165) is 5.56 Å². The molecule has 2 aromatic heterocycles. The van der Waals surface area contributed by atoms with Crippen molar-refractivity contribution in [2.24, 2.45) is 0 Å². The monoisotopic (exact) mass is 310 g/mol. The SMILES string of the molecule is Cc1nn(Cc2ccnc(C#N)c2)c(C)c1S(=O)(=O)Cl. The summed E-state index contributed by atoms with van der Waals surface area (Å²) in [7, 11) is 1.57. The molecule has 0 saturated carbocycles. The van der Waals surface area contributed by atoms with Crippen molar-refractivity contribution >= 4 is 19.7 Å². The molecule has 0 aromatic carbocycles. The van der Waals surface area contributed by atoms with E-state index in [2.05, 4.69) is 10.1 Å². The van der Waals surface area contributed by atoms with Crippen LogP contribution in [-0.4, -0.2) is 23.2 Å².